The number of nitrogens with zero attached hydrogens (tertiary/aromatic N) is 1. The number of rotatable bonds is 3. The predicted molar refractivity (Wildman–Crippen MR) is 41.6 cm³/mol. The molecular weight excluding hydrogens is 237 g/mol. The summed E-state index contributed by atoms with van der Waals surface area (Å²) >= 11 is 0. The number of pyridine rings is 1. The average molecular weight is 243 g/mol. The molecule has 3 nitrogen and oxygen atoms in total. The molecule has 0 atom stereocenters. The molecule has 0 aliphatic heterocycles. The molecule has 1 N–H and O–H groups in total. The Labute approximate surface area is 86.5 Å². The van der Waals surface area contributed by atoms with E-state index in [9.17, 15) is 22.0 Å². The SMILES string of the molecule is OCc1c(CF)cnc(F)c1OC(F)(F)F. The molecule has 8 heteroatoms. The molecule has 0 fully saturated rings. The van der Waals surface area contributed by atoms with E-state index in [1.807, 2.05) is 0 Å². The minimum atomic E-state index is -5.14. The van der Waals surface area contributed by atoms with Crippen molar-refractivity contribution in [3.63, 3.8) is 0 Å². The van der Waals surface area contributed by atoms with Crippen LogP contribution < -0.4 is 4.74 Å². The first-order chi connectivity index (χ1) is 7.39. The summed E-state index contributed by atoms with van der Waals surface area (Å²) in [4.78, 5) is 2.90. The fraction of sp³-hybridized carbons (Fsp3) is 0.375. The first-order valence-electron chi connectivity index (χ1n) is 3.98. The third-order valence-electron chi connectivity index (χ3n) is 1.70. The molecule has 0 bridgehead atoms. The van der Waals surface area contributed by atoms with Crippen LogP contribution in [0.3, 0.4) is 0 Å². The van der Waals surface area contributed by atoms with Gasteiger partial charge in [0.1, 0.15) is 6.67 Å². The van der Waals surface area contributed by atoms with Crippen molar-refractivity contribution >= 4 is 0 Å². The van der Waals surface area contributed by atoms with Gasteiger partial charge in [-0.05, 0) is 0 Å². The number of aliphatic hydroxyl groups is 1. The fourth-order valence-corrected chi connectivity index (χ4v) is 1.05. The Morgan fingerprint density at radius 3 is 2.44 bits per heavy atom. The lowest BCUT2D eigenvalue weighted by molar-refractivity contribution is -0.276. The number of hydrogen-bond donors (Lipinski definition) is 1. The lowest BCUT2D eigenvalue weighted by atomic mass is 10.1. The summed E-state index contributed by atoms with van der Waals surface area (Å²) in [7, 11) is 0. The average Bonchev–Trinajstić information content (AvgIpc) is 2.19. The molecule has 0 radical (unpaired) electrons. The maximum atomic E-state index is 12.9. The van der Waals surface area contributed by atoms with E-state index in [0.717, 1.165) is 0 Å². The maximum absolute atomic E-state index is 12.9. The molecule has 1 aromatic heterocycles. The fourth-order valence-electron chi connectivity index (χ4n) is 1.05. The molecule has 90 valence electrons. The summed E-state index contributed by atoms with van der Waals surface area (Å²) in [5.74, 6) is -2.86. The van der Waals surface area contributed by atoms with Gasteiger partial charge in [0.15, 0.2) is 5.75 Å². The van der Waals surface area contributed by atoms with Gasteiger partial charge < -0.3 is 9.84 Å². The standard InChI is InChI=1S/C8H6F5NO2/c9-1-4-2-14-7(10)6(5(4)3-15)16-8(11,12)13/h2,15H,1,3H2. The number of aromatic nitrogens is 1. The Hall–Kier alpha value is -1.44. The Morgan fingerprint density at radius 1 is 1.38 bits per heavy atom. The summed E-state index contributed by atoms with van der Waals surface area (Å²) in [5, 5.41) is 8.74. The van der Waals surface area contributed by atoms with E-state index < -0.39 is 36.9 Å². The molecule has 1 rings (SSSR count). The first-order valence-corrected chi connectivity index (χ1v) is 3.98. The van der Waals surface area contributed by atoms with Crippen LogP contribution >= 0.6 is 0 Å². The van der Waals surface area contributed by atoms with Crippen LogP contribution in [0.4, 0.5) is 22.0 Å². The highest BCUT2D eigenvalue weighted by Crippen LogP contribution is 2.30. The van der Waals surface area contributed by atoms with Crippen molar-refractivity contribution in [1.82, 2.24) is 4.98 Å². The van der Waals surface area contributed by atoms with E-state index in [4.69, 9.17) is 5.11 Å². The number of halogens is 5. The molecule has 1 heterocycles. The van der Waals surface area contributed by atoms with E-state index in [1.165, 1.54) is 0 Å². The van der Waals surface area contributed by atoms with Gasteiger partial charge in [0.2, 0.25) is 0 Å². The second kappa shape index (κ2) is 4.60. The second-order valence-corrected chi connectivity index (χ2v) is 2.72. The summed E-state index contributed by atoms with van der Waals surface area (Å²) in [5.41, 5.74) is -0.963. The van der Waals surface area contributed by atoms with Gasteiger partial charge in [-0.1, -0.05) is 0 Å². The van der Waals surface area contributed by atoms with E-state index in [0.29, 0.717) is 6.20 Å². The van der Waals surface area contributed by atoms with Crippen LogP contribution in [0.5, 0.6) is 5.75 Å². The maximum Gasteiger partial charge on any atom is 0.573 e. The largest absolute Gasteiger partial charge is 0.573 e. The minimum absolute atomic E-state index is 0.358. The highest BCUT2D eigenvalue weighted by molar-refractivity contribution is 5.37. The first kappa shape index (κ1) is 12.6. The van der Waals surface area contributed by atoms with Crippen molar-refractivity contribution < 1.29 is 31.8 Å². The summed E-state index contributed by atoms with van der Waals surface area (Å²) in [6.45, 7) is -2.17. The normalized spacial score (nSPS) is 11.6. The molecule has 0 saturated carbocycles. The molecule has 0 aromatic carbocycles. The zero-order chi connectivity index (χ0) is 12.3. The molecule has 0 saturated heterocycles. The zero-order valence-corrected chi connectivity index (χ0v) is 7.68. The summed E-state index contributed by atoms with van der Waals surface area (Å²) < 4.78 is 64.2. The highest BCUT2D eigenvalue weighted by Gasteiger charge is 2.34. The number of hydrogen-bond acceptors (Lipinski definition) is 3. The zero-order valence-electron chi connectivity index (χ0n) is 7.68. The topological polar surface area (TPSA) is 42.4 Å². The second-order valence-electron chi connectivity index (χ2n) is 2.72. The van der Waals surface area contributed by atoms with Crippen molar-refractivity contribution in [2.45, 2.75) is 19.6 Å². The van der Waals surface area contributed by atoms with Crippen molar-refractivity contribution in [1.29, 1.82) is 0 Å². The molecule has 1 aromatic rings. The highest BCUT2D eigenvalue weighted by atomic mass is 19.4. The van der Waals surface area contributed by atoms with Gasteiger partial charge in [-0.25, -0.2) is 9.37 Å². The third kappa shape index (κ3) is 2.78. The molecule has 0 amide bonds. The smallest absolute Gasteiger partial charge is 0.400 e. The Kier molecular flexibility index (Phi) is 3.63. The minimum Gasteiger partial charge on any atom is -0.400 e. The molecule has 0 unspecified atom stereocenters. The van der Waals surface area contributed by atoms with Gasteiger partial charge in [-0.3, -0.25) is 0 Å². The van der Waals surface area contributed by atoms with E-state index in [1.54, 1.807) is 0 Å². The lowest BCUT2D eigenvalue weighted by Crippen LogP contribution is -2.20. The van der Waals surface area contributed by atoms with Crippen LogP contribution in [0.15, 0.2) is 6.20 Å². The van der Waals surface area contributed by atoms with Crippen LogP contribution in [0.1, 0.15) is 11.1 Å². The monoisotopic (exact) mass is 243 g/mol. The summed E-state index contributed by atoms with van der Waals surface area (Å²) in [6, 6.07) is 0. The van der Waals surface area contributed by atoms with Crippen LogP contribution in [0.25, 0.3) is 0 Å². The van der Waals surface area contributed by atoms with Crippen LogP contribution in [0, 0.1) is 5.95 Å². The van der Waals surface area contributed by atoms with Gasteiger partial charge >= 0.3 is 6.36 Å². The summed E-state index contributed by atoms with van der Waals surface area (Å²) in [6.07, 6.45) is -4.44. The number of ether oxygens (including phenoxy) is 1. The van der Waals surface area contributed by atoms with Gasteiger partial charge in [0.25, 0.3) is 5.95 Å². The Balaban J connectivity index is 3.23. The van der Waals surface area contributed by atoms with Gasteiger partial charge in [-0.2, -0.15) is 4.39 Å². The number of aliphatic hydroxyl groups excluding tert-OH is 1. The molecular formula is C8H6F5NO2. The van der Waals surface area contributed by atoms with Crippen LogP contribution in [0.2, 0.25) is 0 Å². The predicted octanol–water partition coefficient (Wildman–Crippen LogP) is 2.08. The van der Waals surface area contributed by atoms with E-state index in [2.05, 4.69) is 9.72 Å². The molecule has 0 aliphatic carbocycles. The van der Waals surface area contributed by atoms with Crippen molar-refractivity contribution in [3.8, 4) is 5.75 Å². The number of alkyl halides is 4. The van der Waals surface area contributed by atoms with Crippen molar-refractivity contribution in [3.05, 3.63) is 23.3 Å². The van der Waals surface area contributed by atoms with Crippen LogP contribution in [-0.2, 0) is 13.3 Å². The van der Waals surface area contributed by atoms with Gasteiger partial charge in [-0.15, -0.1) is 13.2 Å². The Bertz CT molecular complexity index is 379. The van der Waals surface area contributed by atoms with Crippen molar-refractivity contribution in [2.75, 3.05) is 0 Å². The molecule has 0 aliphatic rings. The molecule has 0 spiro atoms. The van der Waals surface area contributed by atoms with Crippen LogP contribution in [-0.4, -0.2) is 16.5 Å². The van der Waals surface area contributed by atoms with Gasteiger partial charge in [0.05, 0.1) is 6.61 Å². The van der Waals surface area contributed by atoms with Gasteiger partial charge in [0, 0.05) is 17.3 Å². The van der Waals surface area contributed by atoms with Crippen molar-refractivity contribution in [2.24, 2.45) is 0 Å². The lowest BCUT2D eigenvalue weighted by Gasteiger charge is -2.14. The third-order valence-corrected chi connectivity index (χ3v) is 1.70. The quantitative estimate of drug-likeness (QED) is 0.652. The molecule has 16 heavy (non-hydrogen) atoms. The Morgan fingerprint density at radius 2 is 2.00 bits per heavy atom. The van der Waals surface area contributed by atoms with E-state index in [-0.39, 0.29) is 5.56 Å². The van der Waals surface area contributed by atoms with E-state index >= 15 is 0 Å².